The van der Waals surface area contributed by atoms with Crippen molar-refractivity contribution in [2.75, 3.05) is 13.2 Å². The lowest BCUT2D eigenvalue weighted by Crippen LogP contribution is -2.53. The second kappa shape index (κ2) is 3.77. The van der Waals surface area contributed by atoms with Crippen molar-refractivity contribution in [3.05, 3.63) is 0 Å². The van der Waals surface area contributed by atoms with Crippen molar-refractivity contribution in [1.82, 2.24) is 0 Å². The van der Waals surface area contributed by atoms with Crippen molar-refractivity contribution in [1.29, 1.82) is 0 Å². The van der Waals surface area contributed by atoms with E-state index in [1.807, 2.05) is 0 Å². The van der Waals surface area contributed by atoms with Gasteiger partial charge in [0.2, 0.25) is 0 Å². The molecule has 0 saturated heterocycles. The normalized spacial score (nSPS) is 19.0. The molecule has 0 fully saturated rings. The van der Waals surface area contributed by atoms with Gasteiger partial charge in [-0.25, -0.2) is 0 Å². The predicted molar refractivity (Wildman–Crippen MR) is 35.8 cm³/mol. The minimum absolute atomic E-state index is 0.767. The standard InChI is InChI=1S/C6H12O5/c1-4(9)6(11,3-8)5(10)2-7/h5,7-8,10-11H,2-3H2,1H3. The van der Waals surface area contributed by atoms with Crippen molar-refractivity contribution in [3.63, 3.8) is 0 Å². The SMILES string of the molecule is CC(=O)C(O)(CO)C(O)CO. The summed E-state index contributed by atoms with van der Waals surface area (Å²) in [6.45, 7) is -0.643. The highest BCUT2D eigenvalue weighted by Gasteiger charge is 2.39. The Bertz CT molecular complexity index is 146. The Kier molecular flexibility index (Phi) is 3.61. The summed E-state index contributed by atoms with van der Waals surface area (Å²) in [5.41, 5.74) is -2.23. The Hall–Kier alpha value is -0.490. The Morgan fingerprint density at radius 1 is 1.55 bits per heavy atom. The molecule has 0 radical (unpaired) electrons. The zero-order valence-electron chi connectivity index (χ0n) is 6.19. The molecule has 0 saturated carbocycles. The molecule has 5 nitrogen and oxygen atoms in total. The van der Waals surface area contributed by atoms with Crippen LogP contribution >= 0.6 is 0 Å². The van der Waals surface area contributed by atoms with Crippen LogP contribution in [-0.4, -0.2) is 51.1 Å². The summed E-state index contributed by atoms with van der Waals surface area (Å²) in [5.74, 6) is -0.776. The first-order valence-corrected chi connectivity index (χ1v) is 3.12. The number of ketones is 1. The molecule has 0 rings (SSSR count). The second-order valence-corrected chi connectivity index (χ2v) is 2.34. The highest BCUT2D eigenvalue weighted by molar-refractivity contribution is 5.85. The maximum absolute atomic E-state index is 10.6. The number of hydrogen-bond acceptors (Lipinski definition) is 5. The highest BCUT2D eigenvalue weighted by atomic mass is 16.4. The van der Waals surface area contributed by atoms with E-state index < -0.39 is 30.7 Å². The molecule has 0 aromatic heterocycles. The summed E-state index contributed by atoms with van der Waals surface area (Å²) >= 11 is 0. The highest BCUT2D eigenvalue weighted by Crippen LogP contribution is 2.10. The third-order valence-corrected chi connectivity index (χ3v) is 1.57. The molecule has 0 spiro atoms. The second-order valence-electron chi connectivity index (χ2n) is 2.34. The number of hydrogen-bond donors (Lipinski definition) is 4. The van der Waals surface area contributed by atoms with Gasteiger partial charge in [-0.2, -0.15) is 0 Å². The summed E-state index contributed by atoms with van der Waals surface area (Å²) < 4.78 is 0. The molecule has 0 amide bonds. The average molecular weight is 164 g/mol. The summed E-state index contributed by atoms with van der Waals surface area (Å²) in [5, 5.41) is 34.9. The smallest absolute Gasteiger partial charge is 0.173 e. The summed E-state index contributed by atoms with van der Waals surface area (Å²) in [7, 11) is 0. The Balaban J connectivity index is 4.45. The molecule has 0 aliphatic rings. The molecule has 0 aromatic rings. The fraction of sp³-hybridized carbons (Fsp3) is 0.833. The van der Waals surface area contributed by atoms with E-state index in [2.05, 4.69) is 0 Å². The number of aliphatic hydroxyl groups is 4. The Labute approximate surface area is 63.9 Å². The van der Waals surface area contributed by atoms with E-state index in [4.69, 9.17) is 20.4 Å². The van der Waals surface area contributed by atoms with Crippen LogP contribution in [-0.2, 0) is 4.79 Å². The molecule has 0 aromatic carbocycles. The van der Waals surface area contributed by atoms with Gasteiger partial charge >= 0.3 is 0 Å². The molecule has 2 atom stereocenters. The van der Waals surface area contributed by atoms with Crippen molar-refractivity contribution in [2.45, 2.75) is 18.6 Å². The van der Waals surface area contributed by atoms with E-state index in [0.717, 1.165) is 6.92 Å². The van der Waals surface area contributed by atoms with Crippen LogP contribution in [0.3, 0.4) is 0 Å². The van der Waals surface area contributed by atoms with Crippen LogP contribution in [0.1, 0.15) is 6.92 Å². The fourth-order valence-corrected chi connectivity index (χ4v) is 0.602. The van der Waals surface area contributed by atoms with Gasteiger partial charge < -0.3 is 20.4 Å². The van der Waals surface area contributed by atoms with Crippen molar-refractivity contribution in [3.8, 4) is 0 Å². The van der Waals surface area contributed by atoms with E-state index in [0.29, 0.717) is 0 Å². The van der Waals surface area contributed by atoms with Crippen molar-refractivity contribution in [2.24, 2.45) is 0 Å². The van der Waals surface area contributed by atoms with Gasteiger partial charge in [0.05, 0.1) is 13.2 Å². The van der Waals surface area contributed by atoms with E-state index in [1.54, 1.807) is 0 Å². The van der Waals surface area contributed by atoms with Crippen molar-refractivity contribution >= 4 is 5.78 Å². The molecule has 0 aliphatic heterocycles. The molecule has 66 valence electrons. The lowest BCUT2D eigenvalue weighted by Gasteiger charge is -2.26. The minimum Gasteiger partial charge on any atom is -0.394 e. The van der Waals surface area contributed by atoms with Crippen molar-refractivity contribution < 1.29 is 25.2 Å². The van der Waals surface area contributed by atoms with Gasteiger partial charge in [-0.05, 0) is 6.92 Å². The van der Waals surface area contributed by atoms with Gasteiger partial charge in [0, 0.05) is 0 Å². The average Bonchev–Trinajstić information content (AvgIpc) is 2.01. The first-order valence-electron chi connectivity index (χ1n) is 3.12. The van der Waals surface area contributed by atoms with Gasteiger partial charge in [0.25, 0.3) is 0 Å². The van der Waals surface area contributed by atoms with Gasteiger partial charge in [0.15, 0.2) is 11.4 Å². The van der Waals surface area contributed by atoms with E-state index in [-0.39, 0.29) is 0 Å². The first-order chi connectivity index (χ1) is 4.99. The van der Waals surface area contributed by atoms with E-state index in [1.165, 1.54) is 0 Å². The van der Waals surface area contributed by atoms with Gasteiger partial charge in [-0.3, -0.25) is 4.79 Å². The molecule has 11 heavy (non-hydrogen) atoms. The topological polar surface area (TPSA) is 98.0 Å². The summed E-state index contributed by atoms with van der Waals surface area (Å²) in [4.78, 5) is 10.6. The molecule has 2 unspecified atom stereocenters. The van der Waals surface area contributed by atoms with Crippen LogP contribution in [0.4, 0.5) is 0 Å². The van der Waals surface area contributed by atoms with Crippen LogP contribution in [0, 0.1) is 0 Å². The lowest BCUT2D eigenvalue weighted by molar-refractivity contribution is -0.159. The number of Topliss-reactive ketones (excluding diaryl/α,β-unsaturated/α-hetero) is 1. The quantitative estimate of drug-likeness (QED) is 0.373. The Morgan fingerprint density at radius 3 is 2.09 bits per heavy atom. The lowest BCUT2D eigenvalue weighted by atomic mass is 9.94. The molecule has 5 heteroatoms. The fourth-order valence-electron chi connectivity index (χ4n) is 0.602. The summed E-state index contributed by atoms with van der Waals surface area (Å²) in [6, 6.07) is 0. The number of rotatable bonds is 4. The molecule has 0 heterocycles. The van der Waals surface area contributed by atoms with E-state index in [9.17, 15) is 4.79 Å². The van der Waals surface area contributed by atoms with Crippen LogP contribution in [0.5, 0.6) is 0 Å². The third kappa shape index (κ3) is 1.97. The largest absolute Gasteiger partial charge is 0.394 e. The number of carbonyl (C=O) groups is 1. The number of aliphatic hydroxyl groups excluding tert-OH is 3. The molecule has 0 aliphatic carbocycles. The van der Waals surface area contributed by atoms with Gasteiger partial charge in [-0.15, -0.1) is 0 Å². The zero-order chi connectivity index (χ0) is 9.07. The van der Waals surface area contributed by atoms with Crippen LogP contribution in [0.2, 0.25) is 0 Å². The van der Waals surface area contributed by atoms with Crippen LogP contribution in [0.15, 0.2) is 0 Å². The molecular weight excluding hydrogens is 152 g/mol. The maximum atomic E-state index is 10.6. The van der Waals surface area contributed by atoms with Crippen LogP contribution in [0.25, 0.3) is 0 Å². The molecule has 4 N–H and O–H groups in total. The van der Waals surface area contributed by atoms with Gasteiger partial charge in [-0.1, -0.05) is 0 Å². The minimum atomic E-state index is -2.23. The monoisotopic (exact) mass is 164 g/mol. The molecular formula is C6H12O5. The van der Waals surface area contributed by atoms with Crippen LogP contribution < -0.4 is 0 Å². The Morgan fingerprint density at radius 2 is 2.00 bits per heavy atom. The third-order valence-electron chi connectivity index (χ3n) is 1.57. The maximum Gasteiger partial charge on any atom is 0.173 e. The number of carbonyl (C=O) groups excluding carboxylic acids is 1. The predicted octanol–water partition coefficient (Wildman–Crippen LogP) is -2.35. The zero-order valence-corrected chi connectivity index (χ0v) is 6.19. The molecule has 0 bridgehead atoms. The first kappa shape index (κ1) is 10.5. The van der Waals surface area contributed by atoms with Gasteiger partial charge in [0.1, 0.15) is 6.10 Å². The van der Waals surface area contributed by atoms with E-state index >= 15 is 0 Å². The summed E-state index contributed by atoms with van der Waals surface area (Å²) in [6.07, 6.45) is -1.63.